The summed E-state index contributed by atoms with van der Waals surface area (Å²) in [4.78, 5) is 12.5. The summed E-state index contributed by atoms with van der Waals surface area (Å²) in [5.41, 5.74) is 9.73. The van der Waals surface area contributed by atoms with Crippen molar-refractivity contribution in [2.75, 3.05) is 6.61 Å². The van der Waals surface area contributed by atoms with E-state index in [1.807, 2.05) is 31.2 Å². The molecular formula is C20H25N3O2. The van der Waals surface area contributed by atoms with Gasteiger partial charge in [0.1, 0.15) is 11.8 Å². The van der Waals surface area contributed by atoms with Crippen molar-refractivity contribution in [3.05, 3.63) is 65.2 Å². The average molecular weight is 339 g/mol. The monoisotopic (exact) mass is 339 g/mol. The van der Waals surface area contributed by atoms with Gasteiger partial charge in [-0.1, -0.05) is 48.0 Å². The molecule has 3 rings (SSSR count). The molecule has 1 heterocycles. The van der Waals surface area contributed by atoms with E-state index in [9.17, 15) is 4.79 Å². The highest BCUT2D eigenvalue weighted by Crippen LogP contribution is 2.23. The van der Waals surface area contributed by atoms with E-state index in [4.69, 9.17) is 4.74 Å². The summed E-state index contributed by atoms with van der Waals surface area (Å²) in [6.07, 6.45) is 0.724. The number of hydrazine groups is 1. The molecule has 1 aliphatic heterocycles. The zero-order chi connectivity index (χ0) is 17.6. The van der Waals surface area contributed by atoms with E-state index in [0.717, 1.165) is 17.7 Å². The molecule has 1 amide bonds. The van der Waals surface area contributed by atoms with E-state index in [2.05, 4.69) is 47.4 Å². The molecule has 5 nitrogen and oxygen atoms in total. The van der Waals surface area contributed by atoms with Gasteiger partial charge in [0.15, 0.2) is 0 Å². The molecule has 2 atom stereocenters. The largest absolute Gasteiger partial charge is 0.494 e. The number of benzene rings is 2. The maximum atomic E-state index is 12.5. The number of nitrogens with one attached hydrogen (secondary N) is 3. The molecular weight excluding hydrogens is 314 g/mol. The Kier molecular flexibility index (Phi) is 5.68. The first-order valence-electron chi connectivity index (χ1n) is 8.73. The third-order valence-corrected chi connectivity index (χ3v) is 4.42. The number of hydrogen-bond acceptors (Lipinski definition) is 4. The molecule has 25 heavy (non-hydrogen) atoms. The van der Waals surface area contributed by atoms with E-state index < -0.39 is 0 Å². The third kappa shape index (κ3) is 4.38. The summed E-state index contributed by atoms with van der Waals surface area (Å²) < 4.78 is 5.60. The van der Waals surface area contributed by atoms with Crippen LogP contribution in [0.2, 0.25) is 0 Å². The lowest BCUT2D eigenvalue weighted by Gasteiger charge is -2.13. The van der Waals surface area contributed by atoms with Crippen molar-refractivity contribution in [3.63, 3.8) is 0 Å². The molecule has 1 fully saturated rings. The predicted molar refractivity (Wildman–Crippen MR) is 98.1 cm³/mol. The van der Waals surface area contributed by atoms with Crippen LogP contribution >= 0.6 is 0 Å². The minimum Gasteiger partial charge on any atom is -0.494 e. The highest BCUT2D eigenvalue weighted by atomic mass is 16.5. The number of para-hydroxylation sites is 1. The summed E-state index contributed by atoms with van der Waals surface area (Å²) >= 11 is 0. The Hall–Kier alpha value is -2.37. The zero-order valence-corrected chi connectivity index (χ0v) is 14.7. The fraction of sp³-hybridized carbons (Fsp3) is 0.350. The standard InChI is InChI=1S/C20H25N3O2/c1-3-25-19-7-5-4-6-16(19)13-21-20(24)18-12-17(22-23-18)15-10-8-14(2)9-11-15/h4-11,17-18,22-23H,3,12-13H2,1-2H3,(H,21,24). The molecule has 2 aromatic carbocycles. The van der Waals surface area contributed by atoms with E-state index in [-0.39, 0.29) is 18.0 Å². The van der Waals surface area contributed by atoms with E-state index in [0.29, 0.717) is 13.2 Å². The number of amides is 1. The summed E-state index contributed by atoms with van der Waals surface area (Å²) in [5, 5.41) is 3.00. The Labute approximate surface area is 148 Å². The number of hydrogen-bond donors (Lipinski definition) is 3. The van der Waals surface area contributed by atoms with Crippen LogP contribution in [0.4, 0.5) is 0 Å². The Balaban J connectivity index is 1.55. The van der Waals surface area contributed by atoms with Crippen molar-refractivity contribution in [2.24, 2.45) is 0 Å². The second-order valence-corrected chi connectivity index (χ2v) is 6.30. The van der Waals surface area contributed by atoms with Gasteiger partial charge in [0.25, 0.3) is 0 Å². The van der Waals surface area contributed by atoms with Crippen molar-refractivity contribution in [1.82, 2.24) is 16.2 Å². The Morgan fingerprint density at radius 3 is 2.68 bits per heavy atom. The van der Waals surface area contributed by atoms with Gasteiger partial charge in [-0.05, 0) is 31.9 Å². The van der Waals surface area contributed by atoms with Gasteiger partial charge in [-0.2, -0.15) is 0 Å². The first-order valence-corrected chi connectivity index (χ1v) is 8.73. The summed E-state index contributed by atoms with van der Waals surface area (Å²) in [5.74, 6) is 0.814. The van der Waals surface area contributed by atoms with Crippen LogP contribution in [0.15, 0.2) is 48.5 Å². The fourth-order valence-corrected chi connectivity index (χ4v) is 3.00. The van der Waals surface area contributed by atoms with Crippen LogP contribution in [0.5, 0.6) is 5.75 Å². The molecule has 1 saturated heterocycles. The smallest absolute Gasteiger partial charge is 0.238 e. The molecule has 0 radical (unpaired) electrons. The molecule has 3 N–H and O–H groups in total. The molecule has 0 aromatic heterocycles. The topological polar surface area (TPSA) is 62.4 Å². The van der Waals surface area contributed by atoms with E-state index >= 15 is 0 Å². The van der Waals surface area contributed by atoms with Crippen LogP contribution in [0.25, 0.3) is 0 Å². The average Bonchev–Trinajstić information content (AvgIpc) is 3.12. The summed E-state index contributed by atoms with van der Waals surface area (Å²) in [6, 6.07) is 16.1. The molecule has 1 aliphatic rings. The maximum absolute atomic E-state index is 12.5. The second kappa shape index (κ2) is 8.14. The Morgan fingerprint density at radius 1 is 1.16 bits per heavy atom. The van der Waals surface area contributed by atoms with Crippen molar-refractivity contribution in [2.45, 2.75) is 38.9 Å². The van der Waals surface area contributed by atoms with Crippen LogP contribution in [0.1, 0.15) is 36.1 Å². The SMILES string of the molecule is CCOc1ccccc1CNC(=O)C1CC(c2ccc(C)cc2)NN1. The lowest BCUT2D eigenvalue weighted by atomic mass is 10.0. The third-order valence-electron chi connectivity index (χ3n) is 4.42. The second-order valence-electron chi connectivity index (χ2n) is 6.30. The Bertz CT molecular complexity index is 715. The number of ether oxygens (including phenoxy) is 1. The number of rotatable bonds is 6. The molecule has 2 unspecified atom stereocenters. The van der Waals surface area contributed by atoms with Crippen LogP contribution in [0.3, 0.4) is 0 Å². The van der Waals surface area contributed by atoms with Crippen LogP contribution < -0.4 is 20.9 Å². The highest BCUT2D eigenvalue weighted by Gasteiger charge is 2.29. The van der Waals surface area contributed by atoms with Crippen LogP contribution in [-0.4, -0.2) is 18.6 Å². The van der Waals surface area contributed by atoms with Gasteiger partial charge in [0.2, 0.25) is 5.91 Å². The molecule has 0 saturated carbocycles. The quantitative estimate of drug-likeness (QED) is 0.757. The van der Waals surface area contributed by atoms with E-state index in [1.165, 1.54) is 11.1 Å². The molecule has 0 bridgehead atoms. The first-order chi connectivity index (χ1) is 12.2. The fourth-order valence-electron chi connectivity index (χ4n) is 3.00. The Morgan fingerprint density at radius 2 is 1.92 bits per heavy atom. The van der Waals surface area contributed by atoms with Gasteiger partial charge in [-0.25, -0.2) is 10.9 Å². The van der Waals surface area contributed by atoms with E-state index in [1.54, 1.807) is 0 Å². The van der Waals surface area contributed by atoms with Gasteiger partial charge in [-0.15, -0.1) is 0 Å². The van der Waals surface area contributed by atoms with Crippen LogP contribution in [0, 0.1) is 6.92 Å². The minimum atomic E-state index is -0.245. The first kappa shape index (κ1) is 17.5. The summed E-state index contributed by atoms with van der Waals surface area (Å²) in [7, 11) is 0. The van der Waals surface area contributed by atoms with Gasteiger partial charge < -0.3 is 10.1 Å². The van der Waals surface area contributed by atoms with Gasteiger partial charge in [-0.3, -0.25) is 4.79 Å². The van der Waals surface area contributed by atoms with Crippen molar-refractivity contribution in [3.8, 4) is 5.75 Å². The zero-order valence-electron chi connectivity index (χ0n) is 14.7. The lowest BCUT2D eigenvalue weighted by molar-refractivity contribution is -0.123. The van der Waals surface area contributed by atoms with Crippen molar-refractivity contribution in [1.29, 1.82) is 0 Å². The lowest BCUT2D eigenvalue weighted by Crippen LogP contribution is -2.42. The molecule has 2 aromatic rings. The molecule has 0 spiro atoms. The van der Waals surface area contributed by atoms with Gasteiger partial charge in [0, 0.05) is 18.2 Å². The van der Waals surface area contributed by atoms with Crippen LogP contribution in [-0.2, 0) is 11.3 Å². The van der Waals surface area contributed by atoms with Gasteiger partial charge >= 0.3 is 0 Å². The number of carbonyl (C=O) groups excluding carboxylic acids is 1. The molecule has 0 aliphatic carbocycles. The molecule has 132 valence electrons. The van der Waals surface area contributed by atoms with Crippen molar-refractivity contribution < 1.29 is 9.53 Å². The normalized spacial score (nSPS) is 19.6. The number of carbonyl (C=O) groups is 1. The van der Waals surface area contributed by atoms with Crippen molar-refractivity contribution >= 4 is 5.91 Å². The number of aryl methyl sites for hydroxylation is 1. The highest BCUT2D eigenvalue weighted by molar-refractivity contribution is 5.82. The van der Waals surface area contributed by atoms with Gasteiger partial charge in [0.05, 0.1) is 6.61 Å². The maximum Gasteiger partial charge on any atom is 0.238 e. The minimum absolute atomic E-state index is 0.00610. The summed E-state index contributed by atoms with van der Waals surface area (Å²) in [6.45, 7) is 5.09. The predicted octanol–water partition coefficient (Wildman–Crippen LogP) is 2.62. The molecule has 5 heteroatoms.